The number of hydrogen-bond donors (Lipinski definition) is 2. The van der Waals surface area contributed by atoms with E-state index in [0.29, 0.717) is 29.6 Å². The van der Waals surface area contributed by atoms with Crippen molar-refractivity contribution in [1.82, 2.24) is 35.5 Å². The molecule has 1 aliphatic heterocycles. The molecule has 0 amide bonds. The van der Waals surface area contributed by atoms with Crippen LogP contribution in [-0.2, 0) is 0 Å². The zero-order chi connectivity index (χ0) is 21.5. The number of halogens is 1. The van der Waals surface area contributed by atoms with Gasteiger partial charge in [0, 0.05) is 29.6 Å². The van der Waals surface area contributed by atoms with Gasteiger partial charge in [-0.15, -0.1) is 0 Å². The molecule has 0 radical (unpaired) electrons. The number of hydrogen-bond acceptors (Lipinski definition) is 7. The fraction of sp³-hybridized carbons (Fsp3) is 0.348. The molecule has 2 N–H and O–H groups in total. The number of benzene rings is 1. The van der Waals surface area contributed by atoms with E-state index in [-0.39, 0.29) is 6.54 Å². The second-order valence-electron chi connectivity index (χ2n) is 8.34. The van der Waals surface area contributed by atoms with Gasteiger partial charge in [-0.25, -0.2) is 14.4 Å². The zero-order valence-electron chi connectivity index (χ0n) is 17.3. The molecule has 0 spiro atoms. The van der Waals surface area contributed by atoms with E-state index in [2.05, 4.69) is 30.5 Å². The summed E-state index contributed by atoms with van der Waals surface area (Å²) in [6.45, 7) is 1.01. The SMILES string of the molecule is F[C@H]1CNCC[C@@H]1Oc1cncc(-c2n[nH]c3ccc(-c4cncc(C5CC5)n4)cc23)n1. The van der Waals surface area contributed by atoms with Gasteiger partial charge in [0.25, 0.3) is 0 Å². The Morgan fingerprint density at radius 3 is 2.72 bits per heavy atom. The van der Waals surface area contributed by atoms with Gasteiger partial charge in [0.2, 0.25) is 5.88 Å². The Hall–Kier alpha value is -3.46. The molecule has 0 bridgehead atoms. The molecule has 2 atom stereocenters. The van der Waals surface area contributed by atoms with Gasteiger partial charge < -0.3 is 10.1 Å². The molecule has 162 valence electrons. The number of H-pyrrole nitrogens is 1. The molecule has 6 rings (SSSR count). The summed E-state index contributed by atoms with van der Waals surface area (Å²) in [6, 6.07) is 6.02. The van der Waals surface area contributed by atoms with Crippen molar-refractivity contribution in [2.45, 2.75) is 37.5 Å². The number of aromatic amines is 1. The summed E-state index contributed by atoms with van der Waals surface area (Å²) in [5.74, 6) is 0.838. The van der Waals surface area contributed by atoms with E-state index in [9.17, 15) is 4.39 Å². The van der Waals surface area contributed by atoms with Crippen molar-refractivity contribution in [1.29, 1.82) is 0 Å². The lowest BCUT2D eigenvalue weighted by atomic mass is 10.1. The standard InChI is InChI=1S/C23H22FN7O/c24-16-8-25-6-5-21(16)32-22-12-27-11-20(29-22)23-15-7-14(3-4-17(15)30-31-23)19-10-26-9-18(28-19)13-1-2-13/h3-4,7,9-13,16,21,25H,1-2,5-6,8H2,(H,30,31)/t16-,21-/m0/s1. The topological polar surface area (TPSA) is 102 Å². The molecule has 4 heterocycles. The van der Waals surface area contributed by atoms with Crippen molar-refractivity contribution in [2.75, 3.05) is 13.1 Å². The summed E-state index contributed by atoms with van der Waals surface area (Å²) in [7, 11) is 0. The van der Waals surface area contributed by atoms with Crippen LogP contribution in [0.2, 0.25) is 0 Å². The maximum atomic E-state index is 14.1. The largest absolute Gasteiger partial charge is 0.470 e. The van der Waals surface area contributed by atoms with Crippen LogP contribution in [0, 0.1) is 0 Å². The van der Waals surface area contributed by atoms with Crippen LogP contribution in [0.1, 0.15) is 30.9 Å². The number of alkyl halides is 1. The first-order chi connectivity index (χ1) is 15.7. The first-order valence-corrected chi connectivity index (χ1v) is 10.9. The molecule has 0 unspecified atom stereocenters. The first kappa shape index (κ1) is 19.2. The van der Waals surface area contributed by atoms with Crippen molar-refractivity contribution in [2.24, 2.45) is 0 Å². The lowest BCUT2D eigenvalue weighted by Gasteiger charge is -2.26. The van der Waals surface area contributed by atoms with Gasteiger partial charge in [-0.1, -0.05) is 6.07 Å². The third-order valence-corrected chi connectivity index (χ3v) is 5.98. The lowest BCUT2D eigenvalue weighted by Crippen LogP contribution is -2.44. The predicted octanol–water partition coefficient (Wildman–Crippen LogP) is 3.43. The fourth-order valence-corrected chi connectivity index (χ4v) is 4.07. The van der Waals surface area contributed by atoms with E-state index in [1.807, 2.05) is 24.4 Å². The average molecular weight is 431 g/mol. The Kier molecular flexibility index (Phi) is 4.75. The van der Waals surface area contributed by atoms with E-state index >= 15 is 0 Å². The number of fused-ring (bicyclic) bond motifs is 1. The van der Waals surface area contributed by atoms with Crippen LogP contribution in [0.5, 0.6) is 5.88 Å². The van der Waals surface area contributed by atoms with Gasteiger partial charge in [-0.05, 0) is 37.9 Å². The average Bonchev–Trinajstić information content (AvgIpc) is 3.60. The molecule has 1 aromatic carbocycles. The van der Waals surface area contributed by atoms with Gasteiger partial charge >= 0.3 is 0 Å². The van der Waals surface area contributed by atoms with Crippen LogP contribution >= 0.6 is 0 Å². The quantitative estimate of drug-likeness (QED) is 0.499. The van der Waals surface area contributed by atoms with Crippen molar-refractivity contribution in [3.63, 3.8) is 0 Å². The molecule has 1 saturated carbocycles. The number of rotatable bonds is 5. The van der Waals surface area contributed by atoms with Crippen LogP contribution in [-0.4, -0.2) is 55.5 Å². The van der Waals surface area contributed by atoms with Crippen LogP contribution in [0.25, 0.3) is 33.5 Å². The maximum Gasteiger partial charge on any atom is 0.233 e. The number of ether oxygens (including phenoxy) is 1. The number of nitrogens with one attached hydrogen (secondary N) is 2. The molecule has 1 aliphatic carbocycles. The first-order valence-electron chi connectivity index (χ1n) is 10.9. The summed E-state index contributed by atoms with van der Waals surface area (Å²) in [4.78, 5) is 18.0. The number of piperidine rings is 1. The highest BCUT2D eigenvalue weighted by molar-refractivity contribution is 5.94. The van der Waals surface area contributed by atoms with Gasteiger partial charge in [0.1, 0.15) is 23.7 Å². The van der Waals surface area contributed by atoms with E-state index in [1.165, 1.54) is 19.0 Å². The third kappa shape index (κ3) is 3.69. The molecule has 9 heteroatoms. The second-order valence-corrected chi connectivity index (χ2v) is 8.34. The van der Waals surface area contributed by atoms with Crippen molar-refractivity contribution < 1.29 is 9.13 Å². The molecule has 4 aromatic rings. The molecule has 8 nitrogen and oxygen atoms in total. The third-order valence-electron chi connectivity index (χ3n) is 5.98. The van der Waals surface area contributed by atoms with E-state index in [4.69, 9.17) is 9.72 Å². The summed E-state index contributed by atoms with van der Waals surface area (Å²) in [5.41, 5.74) is 4.96. The summed E-state index contributed by atoms with van der Waals surface area (Å²) in [5, 5.41) is 11.4. The molecular formula is C23H22FN7O. The van der Waals surface area contributed by atoms with Crippen molar-refractivity contribution in [3.8, 4) is 28.5 Å². The van der Waals surface area contributed by atoms with E-state index in [1.54, 1.807) is 12.4 Å². The van der Waals surface area contributed by atoms with Crippen molar-refractivity contribution >= 4 is 10.9 Å². The minimum absolute atomic E-state index is 0.287. The van der Waals surface area contributed by atoms with Crippen LogP contribution in [0.3, 0.4) is 0 Å². The van der Waals surface area contributed by atoms with Crippen LogP contribution < -0.4 is 10.1 Å². The second kappa shape index (κ2) is 7.90. The van der Waals surface area contributed by atoms with Gasteiger partial charge in [0.05, 0.1) is 35.5 Å². The Labute approximate surface area is 183 Å². The summed E-state index contributed by atoms with van der Waals surface area (Å²) >= 11 is 0. The van der Waals surface area contributed by atoms with Crippen LogP contribution in [0.4, 0.5) is 4.39 Å². The normalized spacial score (nSPS) is 21.0. The lowest BCUT2D eigenvalue weighted by molar-refractivity contribution is 0.0691. The number of nitrogens with zero attached hydrogens (tertiary/aromatic N) is 5. The Morgan fingerprint density at radius 1 is 0.969 bits per heavy atom. The summed E-state index contributed by atoms with van der Waals surface area (Å²) in [6.07, 6.45) is 8.14. The Bertz CT molecular complexity index is 1270. The zero-order valence-corrected chi connectivity index (χ0v) is 17.3. The Balaban J connectivity index is 1.33. The maximum absolute atomic E-state index is 14.1. The van der Waals surface area contributed by atoms with Gasteiger partial charge in [-0.3, -0.25) is 15.1 Å². The highest BCUT2D eigenvalue weighted by atomic mass is 19.1. The van der Waals surface area contributed by atoms with Gasteiger partial charge in [0.15, 0.2) is 0 Å². The van der Waals surface area contributed by atoms with E-state index < -0.39 is 12.3 Å². The predicted molar refractivity (Wildman–Crippen MR) is 117 cm³/mol. The molecule has 32 heavy (non-hydrogen) atoms. The summed E-state index contributed by atoms with van der Waals surface area (Å²) < 4.78 is 19.9. The van der Waals surface area contributed by atoms with Gasteiger partial charge in [-0.2, -0.15) is 5.10 Å². The monoisotopic (exact) mass is 431 g/mol. The highest BCUT2D eigenvalue weighted by Gasteiger charge is 2.27. The molecule has 3 aromatic heterocycles. The smallest absolute Gasteiger partial charge is 0.233 e. The van der Waals surface area contributed by atoms with Crippen molar-refractivity contribution in [3.05, 3.63) is 48.7 Å². The molecule has 2 aliphatic rings. The molecule has 1 saturated heterocycles. The van der Waals surface area contributed by atoms with E-state index in [0.717, 1.165) is 34.4 Å². The molecular weight excluding hydrogens is 409 g/mol. The molecule has 2 fully saturated rings. The minimum Gasteiger partial charge on any atom is -0.470 e. The minimum atomic E-state index is -1.07. The van der Waals surface area contributed by atoms with Crippen LogP contribution in [0.15, 0.2) is 43.0 Å². The Morgan fingerprint density at radius 2 is 1.84 bits per heavy atom. The highest BCUT2D eigenvalue weighted by Crippen LogP contribution is 2.39. The fourth-order valence-electron chi connectivity index (χ4n) is 4.07. The number of aromatic nitrogens is 6.